The van der Waals surface area contributed by atoms with E-state index in [-0.39, 0.29) is 12.4 Å². The van der Waals surface area contributed by atoms with Gasteiger partial charge < -0.3 is 4.90 Å². The molecule has 3 rings (SSSR count). The summed E-state index contributed by atoms with van der Waals surface area (Å²) in [7, 11) is 0. The average Bonchev–Trinajstić information content (AvgIpc) is 2.46. The van der Waals surface area contributed by atoms with Crippen LogP contribution in [0.4, 0.5) is 5.69 Å². The number of halogens is 1. The van der Waals surface area contributed by atoms with E-state index in [1.165, 1.54) is 5.69 Å². The van der Waals surface area contributed by atoms with Crippen molar-refractivity contribution in [1.82, 2.24) is 9.97 Å². The highest BCUT2D eigenvalue weighted by atomic mass is 35.5. The van der Waals surface area contributed by atoms with E-state index < -0.39 is 0 Å². The number of hydrogen-bond acceptors (Lipinski definition) is 3. The third-order valence-electron chi connectivity index (χ3n) is 3.45. The quantitative estimate of drug-likeness (QED) is 0.681. The Morgan fingerprint density at radius 1 is 0.800 bits per heavy atom. The molecule has 0 unspecified atom stereocenters. The van der Waals surface area contributed by atoms with E-state index >= 15 is 0 Å². The number of fused-ring (bicyclic) bond motifs is 2. The van der Waals surface area contributed by atoms with Gasteiger partial charge in [-0.1, -0.05) is 12.1 Å². The van der Waals surface area contributed by atoms with Crippen LogP contribution >= 0.6 is 12.4 Å². The second kappa shape index (κ2) is 6.06. The van der Waals surface area contributed by atoms with Crippen LogP contribution in [-0.4, -0.2) is 23.1 Å². The molecule has 1 heterocycles. The number of para-hydroxylation sites is 2. The number of rotatable bonds is 3. The Morgan fingerprint density at radius 2 is 1.35 bits per heavy atom. The minimum absolute atomic E-state index is 0. The molecule has 0 aliphatic carbocycles. The highest BCUT2D eigenvalue weighted by Crippen LogP contribution is 2.21. The lowest BCUT2D eigenvalue weighted by atomic mass is 10.2. The third kappa shape index (κ3) is 2.54. The van der Waals surface area contributed by atoms with Gasteiger partial charge in [0, 0.05) is 18.8 Å². The second-order valence-corrected chi connectivity index (χ2v) is 4.56. The SMILES string of the molecule is CCN(CC)c1ccc2nc3ccccc3nc2c1.Cl. The van der Waals surface area contributed by atoms with Crippen molar-refractivity contribution >= 4 is 40.2 Å². The van der Waals surface area contributed by atoms with Crippen molar-refractivity contribution in [1.29, 1.82) is 0 Å². The summed E-state index contributed by atoms with van der Waals surface area (Å²) in [5.41, 5.74) is 5.03. The molecule has 0 atom stereocenters. The monoisotopic (exact) mass is 287 g/mol. The summed E-state index contributed by atoms with van der Waals surface area (Å²) in [5, 5.41) is 0. The normalized spacial score (nSPS) is 10.5. The Labute approximate surface area is 125 Å². The van der Waals surface area contributed by atoms with Crippen LogP contribution in [0.1, 0.15) is 13.8 Å². The molecule has 2 aromatic carbocycles. The summed E-state index contributed by atoms with van der Waals surface area (Å²) in [6.45, 7) is 6.34. The molecule has 3 nitrogen and oxygen atoms in total. The molecule has 0 N–H and O–H groups in total. The number of anilines is 1. The van der Waals surface area contributed by atoms with E-state index in [0.717, 1.165) is 35.2 Å². The van der Waals surface area contributed by atoms with Gasteiger partial charge in [-0.05, 0) is 44.2 Å². The Morgan fingerprint density at radius 3 is 1.95 bits per heavy atom. The molecule has 0 bridgehead atoms. The molecule has 0 spiro atoms. The molecular weight excluding hydrogens is 270 g/mol. The fraction of sp³-hybridized carbons (Fsp3) is 0.250. The van der Waals surface area contributed by atoms with Crippen LogP contribution in [0.25, 0.3) is 22.1 Å². The molecule has 0 radical (unpaired) electrons. The van der Waals surface area contributed by atoms with Crippen molar-refractivity contribution in [3.63, 3.8) is 0 Å². The van der Waals surface area contributed by atoms with Gasteiger partial charge >= 0.3 is 0 Å². The zero-order chi connectivity index (χ0) is 13.2. The second-order valence-electron chi connectivity index (χ2n) is 4.56. The van der Waals surface area contributed by atoms with Crippen molar-refractivity contribution < 1.29 is 0 Å². The zero-order valence-corrected chi connectivity index (χ0v) is 12.5. The molecule has 0 fully saturated rings. The predicted molar refractivity (Wildman–Crippen MR) is 87.9 cm³/mol. The lowest BCUT2D eigenvalue weighted by Crippen LogP contribution is -2.21. The van der Waals surface area contributed by atoms with Crippen LogP contribution in [0.15, 0.2) is 42.5 Å². The first-order valence-corrected chi connectivity index (χ1v) is 6.73. The van der Waals surface area contributed by atoms with Crippen molar-refractivity contribution in [3.05, 3.63) is 42.5 Å². The molecule has 0 aliphatic rings. The van der Waals surface area contributed by atoms with Crippen molar-refractivity contribution in [2.75, 3.05) is 18.0 Å². The van der Waals surface area contributed by atoms with Gasteiger partial charge in [0.25, 0.3) is 0 Å². The van der Waals surface area contributed by atoms with E-state index in [1.807, 2.05) is 24.3 Å². The van der Waals surface area contributed by atoms with Gasteiger partial charge in [-0.25, -0.2) is 9.97 Å². The number of hydrogen-bond donors (Lipinski definition) is 0. The molecule has 3 aromatic rings. The molecule has 0 saturated heterocycles. The van der Waals surface area contributed by atoms with E-state index in [9.17, 15) is 0 Å². The van der Waals surface area contributed by atoms with Gasteiger partial charge in [0.05, 0.1) is 22.1 Å². The fourth-order valence-electron chi connectivity index (χ4n) is 2.39. The first kappa shape index (κ1) is 14.5. The number of benzene rings is 2. The van der Waals surface area contributed by atoms with Crippen LogP contribution in [0.2, 0.25) is 0 Å². The maximum Gasteiger partial charge on any atom is 0.0915 e. The van der Waals surface area contributed by atoms with Gasteiger partial charge in [-0.15, -0.1) is 12.4 Å². The van der Waals surface area contributed by atoms with Crippen molar-refractivity contribution in [2.24, 2.45) is 0 Å². The lowest BCUT2D eigenvalue weighted by Gasteiger charge is -2.21. The van der Waals surface area contributed by atoms with Crippen LogP contribution in [0.3, 0.4) is 0 Å². The minimum atomic E-state index is 0. The van der Waals surface area contributed by atoms with Gasteiger partial charge in [0.2, 0.25) is 0 Å². The number of nitrogens with zero attached hydrogens (tertiary/aromatic N) is 3. The summed E-state index contributed by atoms with van der Waals surface area (Å²) < 4.78 is 0. The Balaban J connectivity index is 0.00000147. The van der Waals surface area contributed by atoms with E-state index in [2.05, 4.69) is 41.9 Å². The first-order valence-electron chi connectivity index (χ1n) is 6.73. The van der Waals surface area contributed by atoms with Gasteiger partial charge in [0.15, 0.2) is 0 Å². The largest absolute Gasteiger partial charge is 0.372 e. The Hall–Kier alpha value is -1.87. The topological polar surface area (TPSA) is 29.0 Å². The molecule has 0 amide bonds. The van der Waals surface area contributed by atoms with Crippen molar-refractivity contribution in [3.8, 4) is 0 Å². The smallest absolute Gasteiger partial charge is 0.0915 e. The highest BCUT2D eigenvalue weighted by molar-refractivity contribution is 5.87. The van der Waals surface area contributed by atoms with Crippen LogP contribution in [-0.2, 0) is 0 Å². The maximum atomic E-state index is 4.70. The summed E-state index contributed by atoms with van der Waals surface area (Å²) in [6, 6.07) is 14.3. The van der Waals surface area contributed by atoms with Gasteiger partial charge in [-0.3, -0.25) is 0 Å². The number of aromatic nitrogens is 2. The van der Waals surface area contributed by atoms with E-state index in [0.29, 0.717) is 0 Å². The lowest BCUT2D eigenvalue weighted by molar-refractivity contribution is 0.867. The maximum absolute atomic E-state index is 4.70. The van der Waals surface area contributed by atoms with Gasteiger partial charge in [0.1, 0.15) is 0 Å². The fourth-order valence-corrected chi connectivity index (χ4v) is 2.39. The molecule has 1 aromatic heterocycles. The van der Waals surface area contributed by atoms with Crippen LogP contribution in [0, 0.1) is 0 Å². The van der Waals surface area contributed by atoms with E-state index in [1.54, 1.807) is 0 Å². The molecule has 104 valence electrons. The first-order chi connectivity index (χ1) is 9.31. The molecule has 20 heavy (non-hydrogen) atoms. The molecular formula is C16H18ClN3. The van der Waals surface area contributed by atoms with Crippen LogP contribution in [0.5, 0.6) is 0 Å². The molecule has 0 saturated carbocycles. The predicted octanol–water partition coefficient (Wildman–Crippen LogP) is 4.05. The highest BCUT2D eigenvalue weighted by Gasteiger charge is 2.05. The summed E-state index contributed by atoms with van der Waals surface area (Å²) in [6.07, 6.45) is 0. The van der Waals surface area contributed by atoms with E-state index in [4.69, 9.17) is 4.98 Å². The van der Waals surface area contributed by atoms with Crippen LogP contribution < -0.4 is 4.90 Å². The summed E-state index contributed by atoms with van der Waals surface area (Å²) in [5.74, 6) is 0. The summed E-state index contributed by atoms with van der Waals surface area (Å²) >= 11 is 0. The Bertz CT molecular complexity index is 723. The molecule has 4 heteroatoms. The van der Waals surface area contributed by atoms with Gasteiger partial charge in [-0.2, -0.15) is 0 Å². The van der Waals surface area contributed by atoms with Crippen molar-refractivity contribution in [2.45, 2.75) is 13.8 Å². The Kier molecular flexibility index (Phi) is 4.40. The average molecular weight is 288 g/mol. The zero-order valence-electron chi connectivity index (χ0n) is 11.7. The standard InChI is InChI=1S/C16H17N3.ClH/c1-3-19(4-2)12-9-10-15-16(11-12)18-14-8-6-5-7-13(14)17-15;/h5-11H,3-4H2,1-2H3;1H. The molecule has 0 aliphatic heterocycles. The summed E-state index contributed by atoms with van der Waals surface area (Å²) in [4.78, 5) is 11.7. The third-order valence-corrected chi connectivity index (χ3v) is 3.45. The minimum Gasteiger partial charge on any atom is -0.372 e.